The van der Waals surface area contributed by atoms with Crippen molar-refractivity contribution in [3.63, 3.8) is 0 Å². The number of ether oxygens (including phenoxy) is 2. The Morgan fingerprint density at radius 3 is 2.44 bits per heavy atom. The van der Waals surface area contributed by atoms with E-state index < -0.39 is 0 Å². The normalized spacial score (nSPS) is 11.7. The molecule has 0 saturated carbocycles. The molecule has 0 bridgehead atoms. The lowest BCUT2D eigenvalue weighted by molar-refractivity contribution is 0.395. The molecule has 0 saturated heterocycles. The molecule has 1 heterocycles. The molecule has 0 fully saturated rings. The molecule has 0 aliphatic heterocycles. The van der Waals surface area contributed by atoms with Gasteiger partial charge in [0.25, 0.3) is 0 Å². The van der Waals surface area contributed by atoms with Gasteiger partial charge < -0.3 is 9.47 Å². The van der Waals surface area contributed by atoms with Crippen LogP contribution in [-0.4, -0.2) is 14.2 Å². The van der Waals surface area contributed by atoms with Crippen LogP contribution < -0.4 is 14.1 Å². The number of benzene rings is 1. The van der Waals surface area contributed by atoms with E-state index in [1.165, 1.54) is 20.7 Å². The lowest BCUT2D eigenvalue weighted by atomic mass is 10.3. The molecule has 0 aliphatic carbocycles. The molecule has 0 aliphatic rings. The quantitative estimate of drug-likeness (QED) is 0.786. The lowest BCUT2D eigenvalue weighted by Crippen LogP contribution is -1.94. The van der Waals surface area contributed by atoms with Gasteiger partial charge in [-0.25, -0.2) is 4.99 Å². The van der Waals surface area contributed by atoms with Crippen LogP contribution in [0.5, 0.6) is 11.5 Å². The Balaban J connectivity index is 2.52. The monoisotopic (exact) mass is 321 g/mol. The van der Waals surface area contributed by atoms with Gasteiger partial charge in [-0.2, -0.15) is 0 Å². The van der Waals surface area contributed by atoms with Crippen molar-refractivity contribution in [1.29, 1.82) is 0 Å². The number of hydrogen-bond acceptors (Lipinski definition) is 5. The fraction of sp³-hybridized carbons (Fsp3) is 0.182. The SMILES string of the molecule is COc1ccc(N=c2ssc(Cl)c2Cl)c(OC)c1. The Labute approximate surface area is 122 Å². The molecule has 3 nitrogen and oxygen atoms in total. The van der Waals surface area contributed by atoms with Crippen LogP contribution in [0.15, 0.2) is 23.2 Å². The van der Waals surface area contributed by atoms with Crippen molar-refractivity contribution in [2.24, 2.45) is 4.99 Å². The minimum absolute atomic E-state index is 0.476. The van der Waals surface area contributed by atoms with E-state index >= 15 is 0 Å². The van der Waals surface area contributed by atoms with Crippen molar-refractivity contribution < 1.29 is 9.47 Å². The molecule has 0 amide bonds. The smallest absolute Gasteiger partial charge is 0.148 e. The second kappa shape index (κ2) is 5.93. The van der Waals surface area contributed by atoms with Gasteiger partial charge in [0.05, 0.1) is 14.2 Å². The summed E-state index contributed by atoms with van der Waals surface area (Å²) in [5, 5.41) is 0.476. The summed E-state index contributed by atoms with van der Waals surface area (Å²) in [5.41, 5.74) is 0.686. The van der Waals surface area contributed by atoms with Crippen LogP contribution in [0.1, 0.15) is 0 Å². The predicted octanol–water partition coefficient (Wildman–Crippen LogP) is 4.37. The Kier molecular flexibility index (Phi) is 4.50. The summed E-state index contributed by atoms with van der Waals surface area (Å²) in [7, 11) is 5.99. The van der Waals surface area contributed by atoms with E-state index in [2.05, 4.69) is 4.99 Å². The van der Waals surface area contributed by atoms with Crippen molar-refractivity contribution in [2.75, 3.05) is 14.2 Å². The predicted molar refractivity (Wildman–Crippen MR) is 77.0 cm³/mol. The van der Waals surface area contributed by atoms with Crippen molar-refractivity contribution in [1.82, 2.24) is 0 Å². The van der Waals surface area contributed by atoms with E-state index in [4.69, 9.17) is 32.7 Å². The molecule has 2 rings (SSSR count). The number of rotatable bonds is 3. The van der Waals surface area contributed by atoms with Crippen LogP contribution in [0, 0.1) is 0 Å². The first-order valence-corrected chi connectivity index (χ1v) is 7.77. The Hall–Kier alpha value is -0.750. The molecular formula is C11H9Cl2NO2S2. The van der Waals surface area contributed by atoms with E-state index in [0.29, 0.717) is 31.2 Å². The van der Waals surface area contributed by atoms with Crippen LogP contribution in [0.3, 0.4) is 0 Å². The van der Waals surface area contributed by atoms with Crippen LogP contribution in [-0.2, 0) is 0 Å². The molecular weight excluding hydrogens is 313 g/mol. The summed E-state index contributed by atoms with van der Waals surface area (Å²) in [4.78, 5) is 4.44. The van der Waals surface area contributed by atoms with Crippen molar-refractivity contribution in [2.45, 2.75) is 0 Å². The summed E-state index contributed by atoms with van der Waals surface area (Å²) in [5.74, 6) is 1.34. The maximum Gasteiger partial charge on any atom is 0.148 e. The fourth-order valence-electron chi connectivity index (χ4n) is 1.29. The third-order valence-electron chi connectivity index (χ3n) is 2.16. The molecule has 18 heavy (non-hydrogen) atoms. The van der Waals surface area contributed by atoms with Gasteiger partial charge in [0.1, 0.15) is 31.2 Å². The first-order chi connectivity index (χ1) is 8.65. The fourth-order valence-corrected chi connectivity index (χ4v) is 4.03. The first kappa shape index (κ1) is 13.7. The van der Waals surface area contributed by atoms with Gasteiger partial charge in [0.15, 0.2) is 0 Å². The number of nitrogens with zero attached hydrogens (tertiary/aromatic N) is 1. The maximum atomic E-state index is 6.04. The average molecular weight is 322 g/mol. The summed E-state index contributed by atoms with van der Waals surface area (Å²) >= 11 is 11.9. The third-order valence-corrected chi connectivity index (χ3v) is 5.66. The Morgan fingerprint density at radius 1 is 1.11 bits per heavy atom. The van der Waals surface area contributed by atoms with Gasteiger partial charge in [-0.15, -0.1) is 0 Å². The second-order valence-corrected chi connectivity index (χ2v) is 6.32. The zero-order chi connectivity index (χ0) is 13.1. The Morgan fingerprint density at radius 2 is 1.89 bits per heavy atom. The summed E-state index contributed by atoms with van der Waals surface area (Å²) in [6.07, 6.45) is 0. The van der Waals surface area contributed by atoms with E-state index in [-0.39, 0.29) is 0 Å². The van der Waals surface area contributed by atoms with Crippen molar-refractivity contribution >= 4 is 49.6 Å². The standard InChI is InChI=1S/C11H9Cl2NO2S2/c1-15-6-3-4-7(8(5-6)16-2)14-11-9(12)10(13)17-18-11/h3-5H,1-2H3. The van der Waals surface area contributed by atoms with E-state index in [0.717, 1.165) is 0 Å². The molecule has 0 N–H and O–H groups in total. The Bertz CT molecular complexity index is 622. The molecule has 7 heteroatoms. The van der Waals surface area contributed by atoms with E-state index in [1.807, 2.05) is 12.1 Å². The highest BCUT2D eigenvalue weighted by Crippen LogP contribution is 2.33. The third kappa shape index (κ3) is 2.80. The molecule has 0 unspecified atom stereocenters. The topological polar surface area (TPSA) is 30.8 Å². The highest BCUT2D eigenvalue weighted by Gasteiger charge is 2.07. The van der Waals surface area contributed by atoms with Crippen LogP contribution >= 0.6 is 43.9 Å². The minimum atomic E-state index is 0.476. The molecule has 1 aromatic heterocycles. The molecule has 1 aromatic carbocycles. The van der Waals surface area contributed by atoms with E-state index in [1.54, 1.807) is 20.3 Å². The zero-order valence-corrected chi connectivity index (χ0v) is 12.7. The molecule has 96 valence electrons. The van der Waals surface area contributed by atoms with E-state index in [9.17, 15) is 0 Å². The van der Waals surface area contributed by atoms with Crippen LogP contribution in [0.25, 0.3) is 0 Å². The zero-order valence-electron chi connectivity index (χ0n) is 9.57. The number of hydrogen-bond donors (Lipinski definition) is 0. The van der Waals surface area contributed by atoms with Gasteiger partial charge in [-0.1, -0.05) is 43.9 Å². The second-order valence-electron chi connectivity index (χ2n) is 3.21. The minimum Gasteiger partial charge on any atom is -0.497 e. The van der Waals surface area contributed by atoms with Gasteiger partial charge >= 0.3 is 0 Å². The van der Waals surface area contributed by atoms with Crippen LogP contribution in [0.2, 0.25) is 9.36 Å². The largest absolute Gasteiger partial charge is 0.497 e. The van der Waals surface area contributed by atoms with Crippen molar-refractivity contribution in [3.05, 3.63) is 32.2 Å². The highest BCUT2D eigenvalue weighted by atomic mass is 35.5. The summed E-state index contributed by atoms with van der Waals surface area (Å²) in [6.45, 7) is 0. The maximum absolute atomic E-state index is 6.04. The first-order valence-electron chi connectivity index (χ1n) is 4.86. The van der Waals surface area contributed by atoms with Crippen molar-refractivity contribution in [3.8, 4) is 11.5 Å². The molecule has 2 aromatic rings. The highest BCUT2D eigenvalue weighted by molar-refractivity contribution is 7.69. The van der Waals surface area contributed by atoms with Gasteiger partial charge in [0, 0.05) is 6.07 Å². The number of halogens is 2. The van der Waals surface area contributed by atoms with Gasteiger partial charge in [-0.05, 0) is 12.1 Å². The lowest BCUT2D eigenvalue weighted by Gasteiger charge is -2.06. The average Bonchev–Trinajstić information content (AvgIpc) is 2.71. The van der Waals surface area contributed by atoms with Gasteiger partial charge in [-0.3, -0.25) is 0 Å². The molecule has 0 atom stereocenters. The van der Waals surface area contributed by atoms with Crippen LogP contribution in [0.4, 0.5) is 5.69 Å². The molecule has 0 radical (unpaired) electrons. The summed E-state index contributed by atoms with van der Waals surface area (Å²) < 4.78 is 11.6. The number of methoxy groups -OCH3 is 2. The molecule has 0 spiro atoms. The summed E-state index contributed by atoms with van der Waals surface area (Å²) in [6, 6.07) is 5.39. The van der Waals surface area contributed by atoms with Gasteiger partial charge in [0.2, 0.25) is 0 Å².